The zero-order valence-electron chi connectivity index (χ0n) is 52.0. The molecule has 2 nitrogen and oxygen atoms in total. The molecular formula is C92H66N2. The second kappa shape index (κ2) is 27.0. The Morgan fingerprint density at radius 1 is 0.128 bits per heavy atom. The molecule has 0 aliphatic heterocycles. The first-order valence-corrected chi connectivity index (χ1v) is 32.2. The third kappa shape index (κ3) is 12.6. The van der Waals surface area contributed by atoms with Crippen LogP contribution in [-0.4, -0.2) is 0 Å². The normalized spacial score (nSPS) is 11.0. The maximum absolute atomic E-state index is 2.34. The number of para-hydroxylation sites is 1. The third-order valence-corrected chi connectivity index (χ3v) is 17.8. The zero-order chi connectivity index (χ0) is 62.8. The molecule has 94 heavy (non-hydrogen) atoms. The number of nitrogens with zero attached hydrogens (tertiary/aromatic N) is 2. The van der Waals surface area contributed by atoms with Crippen LogP contribution in [0, 0.1) is 0 Å². The summed E-state index contributed by atoms with van der Waals surface area (Å²) in [7, 11) is 0. The Morgan fingerprint density at radius 2 is 0.330 bits per heavy atom. The molecule has 16 aromatic carbocycles. The van der Waals surface area contributed by atoms with Gasteiger partial charge in [0.1, 0.15) is 0 Å². The second-order valence-electron chi connectivity index (χ2n) is 23.6. The predicted molar refractivity (Wildman–Crippen MR) is 401 cm³/mol. The second-order valence-corrected chi connectivity index (χ2v) is 23.6. The van der Waals surface area contributed by atoms with Gasteiger partial charge in [0.05, 0.1) is 0 Å². The van der Waals surface area contributed by atoms with Crippen LogP contribution in [0.25, 0.3) is 111 Å². The summed E-state index contributed by atoms with van der Waals surface area (Å²) in [5.74, 6) is 0. The van der Waals surface area contributed by atoms with E-state index >= 15 is 0 Å². The molecule has 0 N–H and O–H groups in total. The molecule has 0 aliphatic carbocycles. The van der Waals surface area contributed by atoms with Crippen LogP contribution >= 0.6 is 0 Å². The molecule has 0 aliphatic rings. The summed E-state index contributed by atoms with van der Waals surface area (Å²) < 4.78 is 0. The Labute approximate surface area is 551 Å². The molecule has 0 unspecified atom stereocenters. The zero-order valence-corrected chi connectivity index (χ0v) is 52.0. The van der Waals surface area contributed by atoms with Crippen molar-refractivity contribution in [2.75, 3.05) is 9.80 Å². The van der Waals surface area contributed by atoms with Crippen molar-refractivity contribution in [3.8, 4) is 89.0 Å². The number of hydrogen-bond donors (Lipinski definition) is 0. The van der Waals surface area contributed by atoms with Gasteiger partial charge in [-0.05, 0) is 195 Å². The van der Waals surface area contributed by atoms with Crippen molar-refractivity contribution in [2.45, 2.75) is 0 Å². The predicted octanol–water partition coefficient (Wildman–Crippen LogP) is 26.0. The Hall–Kier alpha value is -12.4. The summed E-state index contributed by atoms with van der Waals surface area (Å²) >= 11 is 0. The molecule has 0 saturated carbocycles. The highest BCUT2D eigenvalue weighted by atomic mass is 15.1. The van der Waals surface area contributed by atoms with Crippen LogP contribution in [0.3, 0.4) is 0 Å². The average molecular weight is 1200 g/mol. The number of hydrogen-bond acceptors (Lipinski definition) is 2. The number of rotatable bonds is 14. The van der Waals surface area contributed by atoms with Gasteiger partial charge in [-0.2, -0.15) is 0 Å². The summed E-state index contributed by atoms with van der Waals surface area (Å²) in [5.41, 5.74) is 26.1. The van der Waals surface area contributed by atoms with Gasteiger partial charge in [0.2, 0.25) is 0 Å². The molecule has 0 spiro atoms. The largest absolute Gasteiger partial charge is 0.311 e. The molecule has 0 aromatic heterocycles. The molecule has 444 valence electrons. The van der Waals surface area contributed by atoms with E-state index in [9.17, 15) is 0 Å². The molecule has 2 heteroatoms. The summed E-state index contributed by atoms with van der Waals surface area (Å²) in [6, 6.07) is 143. The average Bonchev–Trinajstić information content (AvgIpc) is 0.944. The van der Waals surface area contributed by atoms with Crippen LogP contribution in [-0.2, 0) is 0 Å². The number of anilines is 6. The minimum absolute atomic E-state index is 1.11. The number of benzene rings is 16. The minimum Gasteiger partial charge on any atom is -0.311 e. The van der Waals surface area contributed by atoms with Crippen LogP contribution in [0.15, 0.2) is 400 Å². The molecule has 0 atom stereocenters. The quantitative estimate of drug-likeness (QED) is 0.107. The molecule has 16 rings (SSSR count). The van der Waals surface area contributed by atoms with Crippen LogP contribution in [0.5, 0.6) is 0 Å². The smallest absolute Gasteiger partial charge is 0.0462 e. The SMILES string of the molecule is c1ccc(-c2ccc(N(c3ccc(-c4cccc(-c5ccccc5)c4)cc3)c3ccc(-c4cccc5ccccc45)cc3)cc2)cc1.c1ccc(-c2cccc(-c3ccc(N(c4ccccc4)c4ccc(-c5ccc(-c6cccc7ccccc67)cc5)cc4)cc3)c2)cc1. The van der Waals surface area contributed by atoms with E-state index in [1.54, 1.807) is 0 Å². The van der Waals surface area contributed by atoms with Gasteiger partial charge < -0.3 is 9.80 Å². The molecule has 16 aromatic rings. The standard InChI is InChI=1S/2C46H33N/c1-3-11-34(12-4-1)40-15-9-16-41(33-40)37-27-31-44(32-28-37)47(42-17-5-2-6-18-42)43-29-25-36(26-30-43)35-21-23-39(24-22-35)46-20-10-14-38-13-7-8-19-45(38)46;1-3-11-34(12-4-1)36-21-27-42(28-22-36)47(44-31-25-39(26-32-44)46-20-10-16-38-15-7-8-19-45(38)46)43-29-23-37(24-30-43)41-18-9-17-40(33-41)35-13-5-2-6-14-35/h2*1-33H. The molecule has 0 bridgehead atoms. The fraction of sp³-hybridized carbons (Fsp3) is 0. The van der Waals surface area contributed by atoms with Gasteiger partial charge in [-0.15, -0.1) is 0 Å². The first-order chi connectivity index (χ1) is 46.6. The molecule has 0 heterocycles. The highest BCUT2D eigenvalue weighted by molar-refractivity contribution is 5.98. The van der Waals surface area contributed by atoms with Crippen LogP contribution < -0.4 is 9.80 Å². The molecule has 0 radical (unpaired) electrons. The van der Waals surface area contributed by atoms with E-state index in [1.165, 1.54) is 111 Å². The fourth-order valence-corrected chi connectivity index (χ4v) is 12.9. The highest BCUT2D eigenvalue weighted by Crippen LogP contribution is 2.41. The van der Waals surface area contributed by atoms with E-state index in [0.717, 1.165) is 34.1 Å². The Bertz CT molecular complexity index is 5160. The molecule has 0 saturated heterocycles. The highest BCUT2D eigenvalue weighted by Gasteiger charge is 2.17. The lowest BCUT2D eigenvalue weighted by Crippen LogP contribution is -2.09. The summed E-state index contributed by atoms with van der Waals surface area (Å²) in [6.45, 7) is 0. The lowest BCUT2D eigenvalue weighted by molar-refractivity contribution is 1.28. The van der Waals surface area contributed by atoms with E-state index in [2.05, 4.69) is 410 Å². The van der Waals surface area contributed by atoms with Gasteiger partial charge in [0.25, 0.3) is 0 Å². The van der Waals surface area contributed by atoms with Crippen molar-refractivity contribution < 1.29 is 0 Å². The van der Waals surface area contributed by atoms with E-state index in [0.29, 0.717) is 0 Å². The van der Waals surface area contributed by atoms with E-state index in [-0.39, 0.29) is 0 Å². The van der Waals surface area contributed by atoms with E-state index in [1.807, 2.05) is 0 Å². The lowest BCUT2D eigenvalue weighted by Gasteiger charge is -2.26. The van der Waals surface area contributed by atoms with Gasteiger partial charge in [-0.25, -0.2) is 0 Å². The minimum atomic E-state index is 1.11. The van der Waals surface area contributed by atoms with Crippen molar-refractivity contribution in [1.29, 1.82) is 0 Å². The fourth-order valence-electron chi connectivity index (χ4n) is 12.9. The van der Waals surface area contributed by atoms with Crippen molar-refractivity contribution in [3.05, 3.63) is 400 Å². The van der Waals surface area contributed by atoms with Gasteiger partial charge in [0, 0.05) is 34.1 Å². The lowest BCUT2D eigenvalue weighted by atomic mass is 9.96. The summed E-state index contributed by atoms with van der Waals surface area (Å²) in [4.78, 5) is 4.66. The van der Waals surface area contributed by atoms with Crippen molar-refractivity contribution in [1.82, 2.24) is 0 Å². The van der Waals surface area contributed by atoms with Crippen LogP contribution in [0.2, 0.25) is 0 Å². The van der Waals surface area contributed by atoms with E-state index < -0.39 is 0 Å². The Kier molecular flexibility index (Phi) is 16.7. The molecule has 0 amide bonds. The third-order valence-electron chi connectivity index (χ3n) is 17.8. The first-order valence-electron chi connectivity index (χ1n) is 32.2. The topological polar surface area (TPSA) is 6.48 Å². The first kappa shape index (κ1) is 58.0. The van der Waals surface area contributed by atoms with Crippen molar-refractivity contribution in [2.24, 2.45) is 0 Å². The summed E-state index contributed by atoms with van der Waals surface area (Å²) in [5, 5.41) is 5.06. The van der Waals surface area contributed by atoms with Crippen LogP contribution in [0.4, 0.5) is 34.1 Å². The van der Waals surface area contributed by atoms with Crippen molar-refractivity contribution >= 4 is 55.7 Å². The van der Waals surface area contributed by atoms with Gasteiger partial charge in [-0.1, -0.05) is 315 Å². The van der Waals surface area contributed by atoms with Gasteiger partial charge in [-0.3, -0.25) is 0 Å². The van der Waals surface area contributed by atoms with E-state index in [4.69, 9.17) is 0 Å². The maximum Gasteiger partial charge on any atom is 0.0462 e. The van der Waals surface area contributed by atoms with Crippen LogP contribution in [0.1, 0.15) is 0 Å². The Morgan fingerprint density at radius 3 is 0.670 bits per heavy atom. The molecule has 0 fully saturated rings. The van der Waals surface area contributed by atoms with Gasteiger partial charge >= 0.3 is 0 Å². The monoisotopic (exact) mass is 1200 g/mol. The Balaban J connectivity index is 0.000000155. The van der Waals surface area contributed by atoms with Gasteiger partial charge in [0.15, 0.2) is 0 Å². The van der Waals surface area contributed by atoms with Crippen molar-refractivity contribution in [3.63, 3.8) is 0 Å². The molecular weight excluding hydrogens is 1130 g/mol. The maximum atomic E-state index is 2.34. The number of fused-ring (bicyclic) bond motifs is 2. The summed E-state index contributed by atoms with van der Waals surface area (Å²) in [6.07, 6.45) is 0.